The molecule has 0 aliphatic heterocycles. The van der Waals surface area contributed by atoms with Gasteiger partial charge in [-0.25, -0.2) is 9.97 Å². The molecule has 130 valence electrons. The van der Waals surface area contributed by atoms with Crippen LogP contribution in [-0.2, 0) is 24.7 Å². The van der Waals surface area contributed by atoms with Gasteiger partial charge in [-0.05, 0) is 38.2 Å². The number of nitrogens with zero attached hydrogens (tertiary/aromatic N) is 4. The van der Waals surface area contributed by atoms with Gasteiger partial charge in [-0.2, -0.15) is 5.10 Å². The highest BCUT2D eigenvalue weighted by atomic mass is 32.2. The zero-order valence-corrected chi connectivity index (χ0v) is 15.8. The first kappa shape index (κ1) is 16.5. The molecule has 0 bridgehead atoms. The molecule has 0 atom stereocenters. The van der Waals surface area contributed by atoms with Crippen LogP contribution in [0, 0.1) is 6.92 Å². The third-order valence-corrected chi connectivity index (χ3v) is 6.52. The lowest BCUT2D eigenvalue weighted by molar-refractivity contribution is -0.113. The van der Waals surface area contributed by atoms with Crippen molar-refractivity contribution in [3.8, 4) is 0 Å². The van der Waals surface area contributed by atoms with Crippen LogP contribution in [0.25, 0.3) is 10.2 Å². The number of thioether (sulfide) groups is 1. The van der Waals surface area contributed by atoms with Gasteiger partial charge < -0.3 is 5.32 Å². The van der Waals surface area contributed by atoms with E-state index in [0.29, 0.717) is 11.6 Å². The smallest absolute Gasteiger partial charge is 0.235 e. The predicted molar refractivity (Wildman–Crippen MR) is 101 cm³/mol. The third-order valence-electron chi connectivity index (χ3n) is 4.33. The predicted octanol–water partition coefficient (Wildman–Crippen LogP) is 3.34. The number of aromatic nitrogens is 4. The molecule has 25 heavy (non-hydrogen) atoms. The topological polar surface area (TPSA) is 72.7 Å². The minimum atomic E-state index is -0.0520. The molecule has 0 spiro atoms. The van der Waals surface area contributed by atoms with Gasteiger partial charge in [0.25, 0.3) is 0 Å². The number of carbonyl (C=O) groups is 1. The van der Waals surface area contributed by atoms with Crippen molar-refractivity contribution in [1.82, 2.24) is 19.7 Å². The largest absolute Gasteiger partial charge is 0.310 e. The third kappa shape index (κ3) is 3.28. The lowest BCUT2D eigenvalue weighted by Crippen LogP contribution is -2.16. The highest BCUT2D eigenvalue weighted by molar-refractivity contribution is 8.00. The summed E-state index contributed by atoms with van der Waals surface area (Å²) in [5.41, 5.74) is 2.28. The van der Waals surface area contributed by atoms with Crippen LogP contribution >= 0.6 is 23.1 Å². The molecule has 3 aromatic rings. The van der Waals surface area contributed by atoms with Crippen molar-refractivity contribution in [2.24, 2.45) is 7.05 Å². The molecule has 0 saturated carbocycles. The first-order chi connectivity index (χ1) is 12.1. The molecule has 1 aliphatic carbocycles. The van der Waals surface area contributed by atoms with Crippen LogP contribution in [0.4, 0.5) is 5.82 Å². The molecule has 1 amide bonds. The minimum absolute atomic E-state index is 0.0520. The second kappa shape index (κ2) is 6.76. The molecule has 0 unspecified atom stereocenters. The summed E-state index contributed by atoms with van der Waals surface area (Å²) < 4.78 is 1.68. The maximum Gasteiger partial charge on any atom is 0.235 e. The van der Waals surface area contributed by atoms with Crippen molar-refractivity contribution in [3.05, 3.63) is 28.5 Å². The molecule has 1 N–H and O–H groups in total. The van der Waals surface area contributed by atoms with E-state index < -0.39 is 0 Å². The fraction of sp³-hybridized carbons (Fsp3) is 0.412. The molecule has 1 aliphatic rings. The SMILES string of the molecule is Cc1cc(NC(=O)CSc2ncnc3sc4c(c23)CCCC4)n(C)n1. The molecule has 0 saturated heterocycles. The van der Waals surface area contributed by atoms with E-state index in [1.165, 1.54) is 35.0 Å². The first-order valence-corrected chi connectivity index (χ1v) is 10.1. The average Bonchev–Trinajstić information content (AvgIpc) is 3.12. The lowest BCUT2D eigenvalue weighted by atomic mass is 9.97. The van der Waals surface area contributed by atoms with Gasteiger partial charge in [-0.1, -0.05) is 11.8 Å². The molecule has 3 aromatic heterocycles. The molecule has 0 aromatic carbocycles. The highest BCUT2D eigenvalue weighted by Gasteiger charge is 2.20. The van der Waals surface area contributed by atoms with Crippen LogP contribution in [0.15, 0.2) is 17.4 Å². The number of hydrogen-bond donors (Lipinski definition) is 1. The zero-order valence-electron chi connectivity index (χ0n) is 14.2. The van der Waals surface area contributed by atoms with Gasteiger partial charge in [0, 0.05) is 23.4 Å². The van der Waals surface area contributed by atoms with E-state index in [1.54, 1.807) is 22.3 Å². The van der Waals surface area contributed by atoms with Crippen molar-refractivity contribution in [2.75, 3.05) is 11.1 Å². The number of carbonyl (C=O) groups excluding carboxylic acids is 1. The average molecular weight is 374 g/mol. The van der Waals surface area contributed by atoms with Gasteiger partial charge in [0.05, 0.1) is 11.4 Å². The summed E-state index contributed by atoms with van der Waals surface area (Å²) in [4.78, 5) is 23.7. The van der Waals surface area contributed by atoms with Crippen LogP contribution < -0.4 is 5.32 Å². The Kier molecular flexibility index (Phi) is 4.47. The van der Waals surface area contributed by atoms with E-state index in [1.807, 2.05) is 20.0 Å². The van der Waals surface area contributed by atoms with Crippen LogP contribution in [-0.4, -0.2) is 31.4 Å². The first-order valence-electron chi connectivity index (χ1n) is 8.30. The number of rotatable bonds is 4. The number of aryl methyl sites for hydroxylation is 4. The number of anilines is 1. The fourth-order valence-electron chi connectivity index (χ4n) is 3.21. The Labute approximate surface area is 154 Å². The molecule has 4 rings (SSSR count). The van der Waals surface area contributed by atoms with Gasteiger partial charge >= 0.3 is 0 Å². The van der Waals surface area contributed by atoms with Gasteiger partial charge in [0.1, 0.15) is 22.0 Å². The number of nitrogens with one attached hydrogen (secondary N) is 1. The second-order valence-electron chi connectivity index (χ2n) is 6.20. The molecule has 3 heterocycles. The normalized spacial score (nSPS) is 13.8. The summed E-state index contributed by atoms with van der Waals surface area (Å²) in [7, 11) is 1.82. The monoisotopic (exact) mass is 373 g/mol. The number of amides is 1. The summed E-state index contributed by atoms with van der Waals surface area (Å²) in [5, 5.41) is 9.23. The Morgan fingerprint density at radius 1 is 1.36 bits per heavy atom. The number of hydrogen-bond acceptors (Lipinski definition) is 6. The van der Waals surface area contributed by atoms with Crippen molar-refractivity contribution < 1.29 is 4.79 Å². The number of fused-ring (bicyclic) bond motifs is 3. The quantitative estimate of drug-likeness (QED) is 0.561. The Morgan fingerprint density at radius 2 is 2.20 bits per heavy atom. The summed E-state index contributed by atoms with van der Waals surface area (Å²) in [6.45, 7) is 1.90. The van der Waals surface area contributed by atoms with E-state index in [0.717, 1.165) is 33.8 Å². The fourth-order valence-corrected chi connectivity index (χ4v) is 5.33. The van der Waals surface area contributed by atoms with Gasteiger partial charge in [0.2, 0.25) is 5.91 Å². The van der Waals surface area contributed by atoms with Crippen LogP contribution in [0.3, 0.4) is 0 Å². The summed E-state index contributed by atoms with van der Waals surface area (Å²) in [6, 6.07) is 1.86. The Bertz CT molecular complexity index is 946. The maximum absolute atomic E-state index is 12.3. The summed E-state index contributed by atoms with van der Waals surface area (Å²) in [5.74, 6) is 0.980. The summed E-state index contributed by atoms with van der Waals surface area (Å²) >= 11 is 3.26. The van der Waals surface area contributed by atoms with E-state index in [2.05, 4.69) is 20.4 Å². The second-order valence-corrected chi connectivity index (χ2v) is 8.25. The lowest BCUT2D eigenvalue weighted by Gasteiger charge is -2.11. The molecule has 0 radical (unpaired) electrons. The standard InChI is InChI=1S/C17H19N5OS2/c1-10-7-13(22(2)21-10)20-14(23)8-24-16-15-11-5-3-4-6-12(11)25-17(15)19-9-18-16/h7,9H,3-6,8H2,1-2H3,(H,20,23). The Morgan fingerprint density at radius 3 is 3.00 bits per heavy atom. The van der Waals surface area contributed by atoms with Crippen LogP contribution in [0.1, 0.15) is 29.0 Å². The van der Waals surface area contributed by atoms with Crippen LogP contribution in [0.5, 0.6) is 0 Å². The molecular formula is C17H19N5OS2. The molecule has 8 heteroatoms. The van der Waals surface area contributed by atoms with Crippen molar-refractivity contribution in [1.29, 1.82) is 0 Å². The minimum Gasteiger partial charge on any atom is -0.310 e. The zero-order chi connectivity index (χ0) is 17.4. The molecule has 0 fully saturated rings. The number of thiophene rings is 1. The van der Waals surface area contributed by atoms with E-state index in [4.69, 9.17) is 0 Å². The molecule has 6 nitrogen and oxygen atoms in total. The highest BCUT2D eigenvalue weighted by Crippen LogP contribution is 2.39. The van der Waals surface area contributed by atoms with Crippen molar-refractivity contribution in [3.63, 3.8) is 0 Å². The van der Waals surface area contributed by atoms with Gasteiger partial charge in [0.15, 0.2) is 0 Å². The van der Waals surface area contributed by atoms with E-state index >= 15 is 0 Å². The maximum atomic E-state index is 12.3. The van der Waals surface area contributed by atoms with Gasteiger partial charge in [-0.15, -0.1) is 11.3 Å². The Balaban J connectivity index is 1.52. The molecular weight excluding hydrogens is 354 g/mol. The summed E-state index contributed by atoms with van der Waals surface area (Å²) in [6.07, 6.45) is 6.31. The van der Waals surface area contributed by atoms with Crippen molar-refractivity contribution >= 4 is 45.0 Å². The van der Waals surface area contributed by atoms with E-state index in [-0.39, 0.29) is 5.91 Å². The Hall–Kier alpha value is -1.93. The van der Waals surface area contributed by atoms with Crippen LogP contribution in [0.2, 0.25) is 0 Å². The van der Waals surface area contributed by atoms with Gasteiger partial charge in [-0.3, -0.25) is 9.48 Å². The van der Waals surface area contributed by atoms with Crippen molar-refractivity contribution in [2.45, 2.75) is 37.6 Å². The van der Waals surface area contributed by atoms with E-state index in [9.17, 15) is 4.79 Å².